The zero-order valence-electron chi connectivity index (χ0n) is 11.8. The van der Waals surface area contributed by atoms with Crippen LogP contribution >= 0.6 is 12.2 Å². The molecular weight excluding hydrogens is 254 g/mol. The molecule has 1 heterocycles. The highest BCUT2D eigenvalue weighted by atomic mass is 32.1. The lowest BCUT2D eigenvalue weighted by Crippen LogP contribution is -2.22. The van der Waals surface area contributed by atoms with Crippen LogP contribution in [0.15, 0.2) is 6.07 Å². The number of nitrogens with zero attached hydrogens (tertiary/aromatic N) is 1. The number of thiocarbonyl (C=S) groups is 1. The number of aromatic nitrogens is 1. The van der Waals surface area contributed by atoms with Gasteiger partial charge < -0.3 is 11.1 Å². The molecule has 4 heteroatoms. The van der Waals surface area contributed by atoms with E-state index in [-0.39, 0.29) is 0 Å². The molecule has 3 nitrogen and oxygen atoms in total. The number of hydrogen-bond donors (Lipinski definition) is 2. The van der Waals surface area contributed by atoms with Crippen molar-refractivity contribution in [2.24, 2.45) is 5.73 Å². The summed E-state index contributed by atoms with van der Waals surface area (Å²) in [4.78, 5) is 5.22. The van der Waals surface area contributed by atoms with Gasteiger partial charge in [-0.05, 0) is 50.7 Å². The van der Waals surface area contributed by atoms with Crippen molar-refractivity contribution >= 4 is 23.0 Å². The lowest BCUT2D eigenvalue weighted by molar-refractivity contribution is 0.661. The van der Waals surface area contributed by atoms with Crippen molar-refractivity contribution in [2.45, 2.75) is 58.4 Å². The fourth-order valence-electron chi connectivity index (χ4n) is 2.67. The zero-order chi connectivity index (χ0) is 13.8. The topological polar surface area (TPSA) is 50.9 Å². The van der Waals surface area contributed by atoms with Crippen LogP contribution in [0.2, 0.25) is 0 Å². The maximum absolute atomic E-state index is 5.85. The summed E-state index contributed by atoms with van der Waals surface area (Å²) in [7, 11) is 0. The molecule has 0 saturated heterocycles. The van der Waals surface area contributed by atoms with E-state index in [1.54, 1.807) is 0 Å². The molecular formula is C15H23N3S. The molecule has 1 aromatic heterocycles. The van der Waals surface area contributed by atoms with Crippen molar-refractivity contribution < 1.29 is 0 Å². The molecule has 0 aliphatic heterocycles. The van der Waals surface area contributed by atoms with Crippen molar-refractivity contribution in [3.63, 3.8) is 0 Å². The summed E-state index contributed by atoms with van der Waals surface area (Å²) in [6.07, 6.45) is 6.92. The van der Waals surface area contributed by atoms with E-state index in [2.05, 4.69) is 25.2 Å². The van der Waals surface area contributed by atoms with Gasteiger partial charge in [-0.25, -0.2) is 4.98 Å². The number of aryl methyl sites for hydroxylation is 2. The predicted octanol–water partition coefficient (Wildman–Crippen LogP) is 3.20. The Hall–Kier alpha value is -1.16. The molecule has 2 rings (SSSR count). The monoisotopic (exact) mass is 277 g/mol. The van der Waals surface area contributed by atoms with Gasteiger partial charge in [0.2, 0.25) is 0 Å². The lowest BCUT2D eigenvalue weighted by atomic mass is 9.94. The van der Waals surface area contributed by atoms with Crippen molar-refractivity contribution in [3.05, 3.63) is 22.9 Å². The molecule has 3 N–H and O–H groups in total. The third-order valence-electron chi connectivity index (χ3n) is 3.67. The van der Waals surface area contributed by atoms with Crippen molar-refractivity contribution in [1.29, 1.82) is 0 Å². The molecule has 19 heavy (non-hydrogen) atoms. The third kappa shape index (κ3) is 3.44. The first-order chi connectivity index (χ1) is 9.11. The van der Waals surface area contributed by atoms with Gasteiger partial charge in [0.1, 0.15) is 10.8 Å². The number of anilines is 1. The molecule has 0 spiro atoms. The van der Waals surface area contributed by atoms with Gasteiger partial charge in [0.15, 0.2) is 0 Å². The second-order valence-electron chi connectivity index (χ2n) is 5.40. The number of nitrogens with one attached hydrogen (secondary N) is 1. The molecule has 0 bridgehead atoms. The molecule has 1 aliphatic rings. The molecule has 1 aromatic rings. The van der Waals surface area contributed by atoms with E-state index in [4.69, 9.17) is 22.9 Å². The maximum Gasteiger partial charge on any atom is 0.136 e. The second kappa shape index (κ2) is 6.33. The van der Waals surface area contributed by atoms with Crippen LogP contribution in [0.1, 0.15) is 56.4 Å². The van der Waals surface area contributed by atoms with E-state index in [0.29, 0.717) is 11.0 Å². The third-order valence-corrected chi connectivity index (χ3v) is 3.89. The quantitative estimate of drug-likeness (QED) is 0.812. The minimum Gasteiger partial charge on any atom is -0.389 e. The van der Waals surface area contributed by atoms with Crippen molar-refractivity contribution in [3.8, 4) is 0 Å². The SMILES string of the molecule is CCCC(C)Nc1nc2c(cc1C(N)=S)CCCC2. The average molecular weight is 277 g/mol. The summed E-state index contributed by atoms with van der Waals surface area (Å²) in [6, 6.07) is 2.54. The largest absolute Gasteiger partial charge is 0.389 e. The van der Waals surface area contributed by atoms with E-state index in [1.165, 1.54) is 24.1 Å². The molecule has 1 atom stereocenters. The number of fused-ring (bicyclic) bond motifs is 1. The van der Waals surface area contributed by atoms with Gasteiger partial charge in [-0.15, -0.1) is 0 Å². The molecule has 0 amide bonds. The Labute approximate surface area is 121 Å². The average Bonchev–Trinajstić information content (AvgIpc) is 2.38. The summed E-state index contributed by atoms with van der Waals surface area (Å²) >= 11 is 5.17. The van der Waals surface area contributed by atoms with Crippen LogP contribution < -0.4 is 11.1 Å². The van der Waals surface area contributed by atoms with Gasteiger partial charge in [-0.2, -0.15) is 0 Å². The molecule has 1 unspecified atom stereocenters. The summed E-state index contributed by atoms with van der Waals surface area (Å²) < 4.78 is 0. The van der Waals surface area contributed by atoms with E-state index in [9.17, 15) is 0 Å². The van der Waals surface area contributed by atoms with Gasteiger partial charge in [0, 0.05) is 11.7 Å². The molecule has 104 valence electrons. The Kier molecular flexibility index (Phi) is 4.75. The first kappa shape index (κ1) is 14.3. The first-order valence-corrected chi connectivity index (χ1v) is 7.61. The number of rotatable bonds is 5. The highest BCUT2D eigenvalue weighted by molar-refractivity contribution is 7.80. The highest BCUT2D eigenvalue weighted by Crippen LogP contribution is 2.25. The fourth-order valence-corrected chi connectivity index (χ4v) is 2.83. The Bertz CT molecular complexity index is 471. The van der Waals surface area contributed by atoms with Crippen LogP contribution in [0.5, 0.6) is 0 Å². The van der Waals surface area contributed by atoms with Crippen molar-refractivity contribution in [2.75, 3.05) is 5.32 Å². The van der Waals surface area contributed by atoms with E-state index in [0.717, 1.165) is 37.1 Å². The van der Waals surface area contributed by atoms with Crippen LogP contribution in [0.25, 0.3) is 0 Å². The summed E-state index contributed by atoms with van der Waals surface area (Å²) in [5.74, 6) is 0.870. The van der Waals surface area contributed by atoms with Gasteiger partial charge in [-0.3, -0.25) is 0 Å². The molecule has 0 saturated carbocycles. The Morgan fingerprint density at radius 3 is 2.89 bits per heavy atom. The van der Waals surface area contributed by atoms with Crippen LogP contribution in [0.3, 0.4) is 0 Å². The summed E-state index contributed by atoms with van der Waals surface area (Å²) in [5, 5.41) is 3.46. The normalized spacial score (nSPS) is 15.7. The Balaban J connectivity index is 2.31. The number of nitrogens with two attached hydrogens (primary N) is 1. The first-order valence-electron chi connectivity index (χ1n) is 7.21. The minimum absolute atomic E-state index is 0.396. The standard InChI is InChI=1S/C15H23N3S/c1-3-6-10(2)17-15-12(14(16)19)9-11-7-4-5-8-13(11)18-15/h9-10H,3-8H2,1-2H3,(H2,16,19)(H,17,18). The number of hydrogen-bond acceptors (Lipinski definition) is 3. The molecule has 1 aliphatic carbocycles. The smallest absolute Gasteiger partial charge is 0.136 e. The minimum atomic E-state index is 0.396. The Morgan fingerprint density at radius 2 is 2.21 bits per heavy atom. The fraction of sp³-hybridized carbons (Fsp3) is 0.600. The summed E-state index contributed by atoms with van der Waals surface area (Å²) in [6.45, 7) is 4.36. The van der Waals surface area contributed by atoms with E-state index in [1.807, 2.05) is 0 Å². The predicted molar refractivity (Wildman–Crippen MR) is 84.8 cm³/mol. The lowest BCUT2D eigenvalue weighted by Gasteiger charge is -2.21. The van der Waals surface area contributed by atoms with Crippen LogP contribution in [-0.2, 0) is 12.8 Å². The van der Waals surface area contributed by atoms with E-state index >= 15 is 0 Å². The zero-order valence-corrected chi connectivity index (χ0v) is 12.6. The Morgan fingerprint density at radius 1 is 1.47 bits per heavy atom. The van der Waals surface area contributed by atoms with Gasteiger partial charge in [0.25, 0.3) is 0 Å². The van der Waals surface area contributed by atoms with Crippen molar-refractivity contribution in [1.82, 2.24) is 4.98 Å². The van der Waals surface area contributed by atoms with Gasteiger partial charge in [-0.1, -0.05) is 25.6 Å². The van der Waals surface area contributed by atoms with E-state index < -0.39 is 0 Å². The summed E-state index contributed by atoms with van der Waals surface area (Å²) in [5.41, 5.74) is 9.29. The van der Waals surface area contributed by atoms with Gasteiger partial charge in [0.05, 0.1) is 5.56 Å². The van der Waals surface area contributed by atoms with Crippen LogP contribution in [0, 0.1) is 0 Å². The van der Waals surface area contributed by atoms with Gasteiger partial charge >= 0.3 is 0 Å². The molecule has 0 fully saturated rings. The maximum atomic E-state index is 5.85. The molecule has 0 aromatic carbocycles. The second-order valence-corrected chi connectivity index (χ2v) is 5.84. The number of pyridine rings is 1. The van der Waals surface area contributed by atoms with Crippen LogP contribution in [-0.4, -0.2) is 16.0 Å². The highest BCUT2D eigenvalue weighted by Gasteiger charge is 2.17. The molecule has 0 radical (unpaired) electrons. The van der Waals surface area contributed by atoms with Crippen LogP contribution in [0.4, 0.5) is 5.82 Å².